The van der Waals surface area contributed by atoms with E-state index in [0.717, 1.165) is 0 Å². The van der Waals surface area contributed by atoms with Crippen molar-refractivity contribution < 1.29 is 12.3 Å². The summed E-state index contributed by atoms with van der Waals surface area (Å²) in [5.41, 5.74) is 2.42. The first-order valence-corrected chi connectivity index (χ1v) is 20.9. The van der Waals surface area contributed by atoms with Crippen LogP contribution in [-0.2, 0) is 12.3 Å². The summed E-state index contributed by atoms with van der Waals surface area (Å²) in [4.78, 5) is 0. The van der Waals surface area contributed by atoms with Crippen LogP contribution in [0.1, 0.15) is 11.1 Å². The Morgan fingerprint density at radius 3 is 1.76 bits per heavy atom. The van der Waals surface area contributed by atoms with Crippen LogP contribution in [0, 0.1) is 6.92 Å². The lowest BCUT2D eigenvalue weighted by Crippen LogP contribution is -2.59. The summed E-state index contributed by atoms with van der Waals surface area (Å²) in [5, 5.41) is 1.30. The summed E-state index contributed by atoms with van der Waals surface area (Å²) < 4.78 is 19.6. The van der Waals surface area contributed by atoms with Crippen LogP contribution in [0.5, 0.6) is 0 Å². The van der Waals surface area contributed by atoms with Gasteiger partial charge in [-0.1, -0.05) is 30.9 Å². The van der Waals surface area contributed by atoms with E-state index in [1.807, 2.05) is 6.08 Å². The molecule has 0 bridgehead atoms. The van der Waals surface area contributed by atoms with Gasteiger partial charge in [0.25, 0.3) is 0 Å². The van der Waals surface area contributed by atoms with Gasteiger partial charge in [-0.15, -0.1) is 0 Å². The first kappa shape index (κ1) is 22.7. The fourth-order valence-corrected chi connectivity index (χ4v) is 21.5. The quantitative estimate of drug-likeness (QED) is 0.539. The van der Waals surface area contributed by atoms with Crippen molar-refractivity contribution >= 4 is 45.0 Å². The van der Waals surface area contributed by atoms with Crippen LogP contribution in [0.3, 0.4) is 0 Å². The molecule has 0 radical (unpaired) electrons. The van der Waals surface area contributed by atoms with Crippen molar-refractivity contribution in [2.75, 3.05) is 0 Å². The molecule has 0 heterocycles. The minimum atomic E-state index is -2.30. The van der Waals surface area contributed by atoms with Crippen LogP contribution in [0.2, 0.25) is 58.9 Å². The van der Waals surface area contributed by atoms with Crippen molar-refractivity contribution in [1.82, 2.24) is 0 Å². The molecule has 1 aromatic rings. The molecule has 1 aromatic carbocycles. The van der Waals surface area contributed by atoms with E-state index in [-0.39, 0.29) is 0 Å². The molecular formula is C18H36O3Si4. The Kier molecular flexibility index (Phi) is 7.05. The maximum Gasteiger partial charge on any atom is 0.312 e. The van der Waals surface area contributed by atoms with Gasteiger partial charge in [-0.25, -0.2) is 0 Å². The first-order chi connectivity index (χ1) is 11.1. The van der Waals surface area contributed by atoms with Gasteiger partial charge < -0.3 is 12.3 Å². The Bertz CT molecular complexity index is 619. The lowest BCUT2D eigenvalue weighted by Gasteiger charge is -2.40. The topological polar surface area (TPSA) is 27.7 Å². The molecule has 0 fully saturated rings. The molecular weight excluding hydrogens is 377 g/mol. The van der Waals surface area contributed by atoms with Crippen LogP contribution in [0.4, 0.5) is 0 Å². The van der Waals surface area contributed by atoms with Gasteiger partial charge in [0.1, 0.15) is 0 Å². The predicted octanol–water partition coefficient (Wildman–Crippen LogP) is 5.34. The maximum absolute atomic E-state index is 6.69. The summed E-state index contributed by atoms with van der Waals surface area (Å²) in [5.74, 6) is 0. The molecule has 0 atom stereocenters. The molecule has 142 valence electrons. The van der Waals surface area contributed by atoms with E-state index in [0.29, 0.717) is 0 Å². The molecule has 0 aliphatic rings. The van der Waals surface area contributed by atoms with Gasteiger partial charge in [0.2, 0.25) is 8.32 Å². The van der Waals surface area contributed by atoms with Crippen molar-refractivity contribution in [3.63, 3.8) is 0 Å². The molecule has 0 saturated carbocycles. The average Bonchev–Trinajstić information content (AvgIpc) is 2.32. The second kappa shape index (κ2) is 7.75. The fourth-order valence-electron chi connectivity index (χ4n) is 3.32. The molecule has 0 aliphatic carbocycles. The smallest absolute Gasteiger partial charge is 0.312 e. The molecule has 1 rings (SSSR count). The first-order valence-electron chi connectivity index (χ1n) is 8.91. The van der Waals surface area contributed by atoms with Gasteiger partial charge in [0.05, 0.1) is 0 Å². The Labute approximate surface area is 159 Å². The van der Waals surface area contributed by atoms with Crippen molar-refractivity contribution in [2.24, 2.45) is 0 Å². The third-order valence-electron chi connectivity index (χ3n) is 3.73. The van der Waals surface area contributed by atoms with Gasteiger partial charge in [-0.05, 0) is 82.2 Å². The van der Waals surface area contributed by atoms with Crippen molar-refractivity contribution in [3.05, 3.63) is 35.9 Å². The number of hydrogen-bond acceptors (Lipinski definition) is 3. The zero-order valence-corrected chi connectivity index (χ0v) is 21.7. The van der Waals surface area contributed by atoms with Gasteiger partial charge >= 0.3 is 17.1 Å². The van der Waals surface area contributed by atoms with Crippen LogP contribution < -0.4 is 5.19 Å². The predicted molar refractivity (Wildman–Crippen MR) is 120 cm³/mol. The molecule has 7 heteroatoms. The maximum atomic E-state index is 6.69. The van der Waals surface area contributed by atoms with E-state index >= 15 is 0 Å². The van der Waals surface area contributed by atoms with E-state index in [1.54, 1.807) is 0 Å². The Hall–Kier alpha value is -0.292. The number of rotatable bonds is 8. The largest absolute Gasteiger partial charge is 0.437 e. The zero-order valence-electron chi connectivity index (χ0n) is 17.7. The number of benzene rings is 1. The Balaban J connectivity index is 2.96. The monoisotopic (exact) mass is 412 g/mol. The van der Waals surface area contributed by atoms with E-state index in [1.165, 1.54) is 16.3 Å². The highest BCUT2D eigenvalue weighted by atomic mass is 28.5. The van der Waals surface area contributed by atoms with Gasteiger partial charge in [-0.3, -0.25) is 0 Å². The molecule has 0 aliphatic heterocycles. The summed E-state index contributed by atoms with van der Waals surface area (Å²) in [6.07, 6.45) is 1.90. The minimum Gasteiger partial charge on any atom is -0.437 e. The lowest BCUT2D eigenvalue weighted by atomic mass is 10.1. The van der Waals surface area contributed by atoms with Crippen molar-refractivity contribution in [1.29, 1.82) is 0 Å². The van der Waals surface area contributed by atoms with E-state index in [9.17, 15) is 0 Å². The summed E-state index contributed by atoms with van der Waals surface area (Å²) >= 11 is 0. The van der Waals surface area contributed by atoms with Gasteiger partial charge in [0.15, 0.2) is 8.32 Å². The highest BCUT2D eigenvalue weighted by Crippen LogP contribution is 2.24. The molecule has 0 spiro atoms. The van der Waals surface area contributed by atoms with Crippen molar-refractivity contribution in [3.8, 4) is 0 Å². The zero-order chi connectivity index (χ0) is 19.7. The summed E-state index contributed by atoms with van der Waals surface area (Å²) in [6, 6.07) is 6.56. The molecule has 0 aromatic heterocycles. The van der Waals surface area contributed by atoms with Gasteiger partial charge in [-0.2, -0.15) is 0 Å². The van der Waals surface area contributed by atoms with Crippen LogP contribution in [0.25, 0.3) is 6.08 Å². The molecule has 0 saturated heterocycles. The third-order valence-corrected chi connectivity index (χ3v) is 17.8. The molecule has 0 unspecified atom stereocenters. The molecule has 0 amide bonds. The molecule has 0 N–H and O–H groups in total. The van der Waals surface area contributed by atoms with Crippen LogP contribution in [-0.4, -0.2) is 33.8 Å². The second-order valence-electron chi connectivity index (χ2n) is 9.00. The van der Waals surface area contributed by atoms with E-state index in [2.05, 4.69) is 90.6 Å². The fraction of sp³-hybridized carbons (Fsp3) is 0.556. The van der Waals surface area contributed by atoms with Crippen molar-refractivity contribution in [2.45, 2.75) is 65.8 Å². The third kappa shape index (κ3) is 7.46. The van der Waals surface area contributed by atoms with Gasteiger partial charge in [0, 0.05) is 0 Å². The standard InChI is InChI=1S/C18H36O3Si4/c1-12-17-13-14-18(15-16(17)2)23(6,7)20-25(10,11)21-24(8,9)19-22(3,4)5/h12-15H,1H2,2-11H3. The molecule has 25 heavy (non-hydrogen) atoms. The Morgan fingerprint density at radius 2 is 1.32 bits per heavy atom. The van der Waals surface area contributed by atoms with Crippen LogP contribution in [0.15, 0.2) is 24.8 Å². The molecule has 3 nitrogen and oxygen atoms in total. The van der Waals surface area contributed by atoms with E-state index < -0.39 is 33.8 Å². The van der Waals surface area contributed by atoms with E-state index in [4.69, 9.17) is 12.3 Å². The number of hydrogen-bond donors (Lipinski definition) is 0. The summed E-state index contributed by atoms with van der Waals surface area (Å²) in [7, 11) is -8.18. The average molecular weight is 413 g/mol. The number of aryl methyl sites for hydroxylation is 1. The SMILES string of the molecule is C=Cc1ccc([Si](C)(C)O[Si](C)(C)O[Si](C)(C)O[Si](C)(C)C)cc1C. The second-order valence-corrected chi connectivity index (χ2v) is 24.9. The normalized spacial score (nSPS) is 13.8. The Morgan fingerprint density at radius 1 is 0.800 bits per heavy atom. The minimum absolute atomic E-state index is 1.18. The lowest BCUT2D eigenvalue weighted by molar-refractivity contribution is 0.332. The van der Waals surface area contributed by atoms with Crippen LogP contribution >= 0.6 is 0 Å². The highest BCUT2D eigenvalue weighted by Gasteiger charge is 2.43. The highest BCUT2D eigenvalue weighted by molar-refractivity contribution is 6.93. The summed E-state index contributed by atoms with van der Waals surface area (Å²) in [6.45, 7) is 25.7.